The van der Waals surface area contributed by atoms with E-state index >= 15 is 0 Å². The summed E-state index contributed by atoms with van der Waals surface area (Å²) in [4.78, 5) is 0. The summed E-state index contributed by atoms with van der Waals surface area (Å²) in [5, 5.41) is 8.01. The molecule has 0 unspecified atom stereocenters. The average Bonchev–Trinajstić information content (AvgIpc) is 2.55. The van der Waals surface area contributed by atoms with Crippen molar-refractivity contribution in [1.82, 2.24) is 14.8 Å². The second kappa shape index (κ2) is 2.81. The molecule has 0 spiro atoms. The van der Waals surface area contributed by atoms with Crippen LogP contribution in [0, 0.1) is 0 Å². The van der Waals surface area contributed by atoms with Gasteiger partial charge in [0.05, 0.1) is 0 Å². The lowest BCUT2D eigenvalue weighted by atomic mass is 10.2. The van der Waals surface area contributed by atoms with Crippen LogP contribution in [0.15, 0.2) is 6.33 Å². The molecule has 0 bridgehead atoms. The maximum absolute atomic E-state index is 5.81. The minimum Gasteiger partial charge on any atom is -0.301 e. The first-order valence-corrected chi connectivity index (χ1v) is 4.31. The highest BCUT2D eigenvalue weighted by molar-refractivity contribution is 6.28. The van der Waals surface area contributed by atoms with Crippen molar-refractivity contribution in [2.45, 2.75) is 31.7 Å². The Bertz CT molecular complexity index is 240. The Morgan fingerprint density at radius 1 is 1.45 bits per heavy atom. The van der Waals surface area contributed by atoms with Gasteiger partial charge in [-0.3, -0.25) is 0 Å². The van der Waals surface area contributed by atoms with Gasteiger partial charge in [-0.1, -0.05) is 12.8 Å². The first kappa shape index (κ1) is 7.10. The molecular weight excluding hydrogens is 162 g/mol. The number of rotatable bonds is 1. The third-order valence-corrected chi connectivity index (χ3v) is 2.52. The van der Waals surface area contributed by atoms with E-state index in [2.05, 4.69) is 10.2 Å². The van der Waals surface area contributed by atoms with Gasteiger partial charge in [0.2, 0.25) is 5.28 Å². The second-order valence-corrected chi connectivity index (χ2v) is 3.28. The number of hydrogen-bond acceptors (Lipinski definition) is 2. The predicted octanol–water partition coefficient (Wildman–Crippen LogP) is 2.05. The molecule has 1 aromatic rings. The number of halogens is 1. The van der Waals surface area contributed by atoms with Crippen molar-refractivity contribution in [3.8, 4) is 0 Å². The van der Waals surface area contributed by atoms with Crippen molar-refractivity contribution < 1.29 is 0 Å². The third-order valence-electron chi connectivity index (χ3n) is 2.25. The molecule has 11 heavy (non-hydrogen) atoms. The Hall–Kier alpha value is -0.570. The Balaban J connectivity index is 2.21. The van der Waals surface area contributed by atoms with Gasteiger partial charge >= 0.3 is 0 Å². The molecule has 1 saturated carbocycles. The predicted molar refractivity (Wildman–Crippen MR) is 42.5 cm³/mol. The minimum absolute atomic E-state index is 0.525. The van der Waals surface area contributed by atoms with Crippen molar-refractivity contribution in [3.05, 3.63) is 11.6 Å². The van der Waals surface area contributed by atoms with Gasteiger partial charge in [-0.05, 0) is 24.4 Å². The van der Waals surface area contributed by atoms with E-state index in [-0.39, 0.29) is 0 Å². The molecule has 60 valence electrons. The van der Waals surface area contributed by atoms with Crippen molar-refractivity contribution in [2.24, 2.45) is 0 Å². The molecule has 1 aromatic heterocycles. The van der Waals surface area contributed by atoms with Crippen molar-refractivity contribution in [1.29, 1.82) is 0 Å². The summed E-state index contributed by atoms with van der Waals surface area (Å²) in [5.74, 6) is 0. The van der Waals surface area contributed by atoms with Crippen LogP contribution in [-0.4, -0.2) is 14.8 Å². The molecule has 1 aliphatic rings. The Kier molecular flexibility index (Phi) is 1.82. The molecule has 4 heteroatoms. The fraction of sp³-hybridized carbons (Fsp3) is 0.714. The van der Waals surface area contributed by atoms with Crippen LogP contribution in [0.3, 0.4) is 0 Å². The molecule has 1 heterocycles. The quantitative estimate of drug-likeness (QED) is 0.648. The Labute approximate surface area is 70.4 Å². The summed E-state index contributed by atoms with van der Waals surface area (Å²) in [5.41, 5.74) is 0. The van der Waals surface area contributed by atoms with Gasteiger partial charge in [-0.2, -0.15) is 0 Å². The van der Waals surface area contributed by atoms with Crippen LogP contribution in [0.1, 0.15) is 31.7 Å². The van der Waals surface area contributed by atoms with Crippen LogP contribution in [0.5, 0.6) is 0 Å². The molecule has 0 amide bonds. The van der Waals surface area contributed by atoms with Gasteiger partial charge in [-0.15, -0.1) is 10.2 Å². The van der Waals surface area contributed by atoms with Crippen LogP contribution in [0.25, 0.3) is 0 Å². The monoisotopic (exact) mass is 171 g/mol. The topological polar surface area (TPSA) is 30.7 Å². The Morgan fingerprint density at radius 2 is 2.18 bits per heavy atom. The van der Waals surface area contributed by atoms with Crippen molar-refractivity contribution >= 4 is 11.6 Å². The van der Waals surface area contributed by atoms with Crippen molar-refractivity contribution in [3.63, 3.8) is 0 Å². The summed E-state index contributed by atoms with van der Waals surface area (Å²) in [7, 11) is 0. The smallest absolute Gasteiger partial charge is 0.225 e. The molecule has 2 rings (SSSR count). The van der Waals surface area contributed by atoms with Gasteiger partial charge in [0.25, 0.3) is 0 Å². The van der Waals surface area contributed by atoms with Crippen LogP contribution in [0.2, 0.25) is 5.28 Å². The second-order valence-electron chi connectivity index (χ2n) is 2.95. The Morgan fingerprint density at radius 3 is 2.73 bits per heavy atom. The molecular formula is C7H10ClN3. The molecule has 0 atom stereocenters. The van der Waals surface area contributed by atoms with Crippen LogP contribution >= 0.6 is 11.6 Å². The zero-order chi connectivity index (χ0) is 7.68. The number of aromatic nitrogens is 3. The highest BCUT2D eigenvalue weighted by Crippen LogP contribution is 2.30. The molecule has 1 fully saturated rings. The lowest BCUT2D eigenvalue weighted by Crippen LogP contribution is -2.02. The van der Waals surface area contributed by atoms with Gasteiger partial charge in [0.15, 0.2) is 0 Å². The highest BCUT2D eigenvalue weighted by Gasteiger charge is 2.18. The molecule has 0 aromatic carbocycles. The lowest BCUT2D eigenvalue weighted by molar-refractivity contribution is 0.517. The molecule has 1 aliphatic carbocycles. The van der Waals surface area contributed by atoms with E-state index in [9.17, 15) is 0 Å². The normalized spacial score (nSPS) is 19.4. The number of hydrogen-bond donors (Lipinski definition) is 0. The van der Waals surface area contributed by atoms with Gasteiger partial charge in [0, 0.05) is 6.04 Å². The maximum Gasteiger partial charge on any atom is 0.225 e. The molecule has 0 saturated heterocycles. The minimum atomic E-state index is 0.525. The van der Waals surface area contributed by atoms with E-state index in [1.54, 1.807) is 6.33 Å². The summed E-state index contributed by atoms with van der Waals surface area (Å²) < 4.78 is 1.97. The summed E-state index contributed by atoms with van der Waals surface area (Å²) in [6, 6.07) is 0.553. The maximum atomic E-state index is 5.81. The highest BCUT2D eigenvalue weighted by atomic mass is 35.5. The van der Waals surface area contributed by atoms with Gasteiger partial charge < -0.3 is 4.57 Å². The van der Waals surface area contributed by atoms with E-state index in [1.165, 1.54) is 25.7 Å². The fourth-order valence-corrected chi connectivity index (χ4v) is 1.88. The van der Waals surface area contributed by atoms with E-state index in [0.717, 1.165) is 0 Å². The van der Waals surface area contributed by atoms with E-state index in [1.807, 2.05) is 4.57 Å². The summed E-state index contributed by atoms with van der Waals surface area (Å²) in [6.45, 7) is 0. The number of nitrogens with zero attached hydrogens (tertiary/aromatic N) is 3. The van der Waals surface area contributed by atoms with Crippen LogP contribution in [0.4, 0.5) is 0 Å². The van der Waals surface area contributed by atoms with E-state index in [4.69, 9.17) is 11.6 Å². The fourth-order valence-electron chi connectivity index (χ4n) is 1.66. The zero-order valence-electron chi connectivity index (χ0n) is 6.20. The molecule has 3 nitrogen and oxygen atoms in total. The molecule has 0 N–H and O–H groups in total. The van der Waals surface area contributed by atoms with Gasteiger partial charge in [-0.25, -0.2) is 0 Å². The van der Waals surface area contributed by atoms with Gasteiger partial charge in [0.1, 0.15) is 6.33 Å². The lowest BCUT2D eigenvalue weighted by Gasteiger charge is -2.09. The largest absolute Gasteiger partial charge is 0.301 e. The first-order chi connectivity index (χ1) is 5.38. The summed E-state index contributed by atoms with van der Waals surface area (Å²) in [6.07, 6.45) is 6.77. The molecule has 0 aliphatic heterocycles. The standard InChI is InChI=1S/C7H10ClN3/c8-7-10-9-5-11(7)6-3-1-2-4-6/h5-6H,1-4H2. The molecule has 0 radical (unpaired) electrons. The third kappa shape index (κ3) is 1.25. The SMILES string of the molecule is Clc1nncn1C1CCCC1. The average molecular weight is 172 g/mol. The summed E-state index contributed by atoms with van der Waals surface area (Å²) >= 11 is 5.81. The van der Waals surface area contributed by atoms with Crippen LogP contribution < -0.4 is 0 Å². The van der Waals surface area contributed by atoms with E-state index in [0.29, 0.717) is 11.3 Å². The van der Waals surface area contributed by atoms with E-state index < -0.39 is 0 Å². The first-order valence-electron chi connectivity index (χ1n) is 3.93. The zero-order valence-corrected chi connectivity index (χ0v) is 6.96. The van der Waals surface area contributed by atoms with Crippen LogP contribution in [-0.2, 0) is 0 Å². The van der Waals surface area contributed by atoms with Crippen molar-refractivity contribution in [2.75, 3.05) is 0 Å².